The van der Waals surface area contributed by atoms with Crippen molar-refractivity contribution in [2.75, 3.05) is 26.3 Å². The molecular formula is C38H38N6O4. The largest absolute Gasteiger partial charge is 0.489 e. The molecule has 1 aliphatic heterocycles. The van der Waals surface area contributed by atoms with E-state index >= 15 is 0 Å². The van der Waals surface area contributed by atoms with E-state index < -0.39 is 0 Å². The van der Waals surface area contributed by atoms with Crippen LogP contribution in [0.5, 0.6) is 11.5 Å². The van der Waals surface area contributed by atoms with E-state index in [-0.39, 0.29) is 38.1 Å². The number of nitrogens with zero attached hydrogens (tertiary/aromatic N) is 4. The number of hydrogen-bond acceptors (Lipinski definition) is 8. The van der Waals surface area contributed by atoms with Crippen LogP contribution in [0.25, 0.3) is 0 Å². The third kappa shape index (κ3) is 8.67. The van der Waals surface area contributed by atoms with Gasteiger partial charge in [-0.25, -0.2) is 0 Å². The van der Waals surface area contributed by atoms with Gasteiger partial charge >= 0.3 is 0 Å². The number of allylic oxidation sites excluding steroid dienone is 2. The zero-order valence-electron chi connectivity index (χ0n) is 27.2. The van der Waals surface area contributed by atoms with E-state index in [2.05, 4.69) is 44.2 Å². The molecule has 0 aromatic heterocycles. The first kappa shape index (κ1) is 33.5. The van der Waals surface area contributed by atoms with Gasteiger partial charge in [0.15, 0.2) is 0 Å². The van der Waals surface area contributed by atoms with E-state index in [0.717, 1.165) is 22.3 Å². The number of fused-ring (bicyclic) bond motifs is 2. The molecule has 5 rings (SSSR count). The minimum absolute atomic E-state index is 0.0954. The molecule has 2 N–H and O–H groups in total. The number of nitrogens with one attached hydrogen (secondary N) is 2. The van der Waals surface area contributed by atoms with Gasteiger partial charge in [0.05, 0.1) is 33.9 Å². The molecule has 0 spiro atoms. The first-order valence-corrected chi connectivity index (χ1v) is 15.7. The number of amides is 2. The van der Waals surface area contributed by atoms with Crippen LogP contribution in [0.1, 0.15) is 43.0 Å². The number of ether oxygens (including phenoxy) is 2. The second kappa shape index (κ2) is 16.1. The summed E-state index contributed by atoms with van der Waals surface area (Å²) in [6, 6.07) is 22.3. The molecule has 0 fully saturated rings. The fourth-order valence-electron chi connectivity index (χ4n) is 5.04. The maximum absolute atomic E-state index is 13.5. The predicted octanol–water partition coefficient (Wildman–Crippen LogP) is 8.52. The monoisotopic (exact) mass is 642 g/mol. The standard InChI is InChI=1S/C38H38N6O4/c1-5-7-27-21-31(43-41-29-13-9-25(3)10-14-29)23-33-35(27)47-19-20-48-36-28(8-6-2)22-32(44-42-30-15-11-26(4)12-16-30)24-34(36)38(46)40-18-17-39-37(33)45/h5-6,9-16,21-24H,1-2,7-8,17-20H2,3-4H3,(H,39,45)(H,40,46). The highest BCUT2D eigenvalue weighted by molar-refractivity contribution is 5.99. The molecule has 10 nitrogen and oxygen atoms in total. The highest BCUT2D eigenvalue weighted by Crippen LogP contribution is 2.34. The van der Waals surface area contributed by atoms with E-state index in [1.165, 1.54) is 0 Å². The summed E-state index contributed by atoms with van der Waals surface area (Å²) >= 11 is 0. The molecule has 0 saturated heterocycles. The first-order chi connectivity index (χ1) is 23.3. The van der Waals surface area contributed by atoms with Gasteiger partial charge in [-0.05, 0) is 75.2 Å². The molecule has 1 heterocycles. The van der Waals surface area contributed by atoms with Crippen molar-refractivity contribution >= 4 is 34.6 Å². The zero-order chi connectivity index (χ0) is 33.9. The lowest BCUT2D eigenvalue weighted by Gasteiger charge is -2.19. The SMILES string of the molecule is C=CCc1cc(N=Nc2ccc(C)cc2)cc2c1OCCOc1c(CC=C)cc(N=Nc3ccc(C)cc3)cc1C(=O)NCCNC2=O. The normalized spacial score (nSPS) is 13.8. The molecule has 2 amide bonds. The van der Waals surface area contributed by atoms with E-state index in [1.807, 2.05) is 74.5 Å². The summed E-state index contributed by atoms with van der Waals surface area (Å²) in [5.74, 6) is 0.0689. The Kier molecular flexibility index (Phi) is 11.2. The van der Waals surface area contributed by atoms with Crippen molar-refractivity contribution in [3.63, 3.8) is 0 Å². The molecular weight excluding hydrogens is 604 g/mol. The number of carbonyl (C=O) groups is 2. The summed E-state index contributed by atoms with van der Waals surface area (Å²) in [6.45, 7) is 12.3. The van der Waals surface area contributed by atoms with Crippen LogP contribution < -0.4 is 20.1 Å². The molecule has 0 unspecified atom stereocenters. The van der Waals surface area contributed by atoms with E-state index in [9.17, 15) is 9.59 Å². The fourth-order valence-corrected chi connectivity index (χ4v) is 5.04. The Hall–Kier alpha value is -5.90. The highest BCUT2D eigenvalue weighted by Gasteiger charge is 2.22. The van der Waals surface area contributed by atoms with Gasteiger partial charge in [0, 0.05) is 24.2 Å². The third-order valence-electron chi connectivity index (χ3n) is 7.42. The van der Waals surface area contributed by atoms with Crippen LogP contribution in [0.3, 0.4) is 0 Å². The molecule has 10 heteroatoms. The van der Waals surface area contributed by atoms with E-state index in [4.69, 9.17) is 9.47 Å². The molecule has 0 radical (unpaired) electrons. The predicted molar refractivity (Wildman–Crippen MR) is 187 cm³/mol. The second-order valence-electron chi connectivity index (χ2n) is 11.2. The molecule has 0 aliphatic carbocycles. The summed E-state index contributed by atoms with van der Waals surface area (Å²) in [6.07, 6.45) is 4.35. The number of benzene rings is 4. The van der Waals surface area contributed by atoms with Crippen molar-refractivity contribution in [2.24, 2.45) is 20.5 Å². The number of carbonyl (C=O) groups excluding carboxylic acids is 2. The Morgan fingerprint density at radius 1 is 0.604 bits per heavy atom. The molecule has 1 aliphatic rings. The second-order valence-corrected chi connectivity index (χ2v) is 11.2. The average Bonchev–Trinajstić information content (AvgIpc) is 3.08. The van der Waals surface area contributed by atoms with Crippen LogP contribution in [-0.4, -0.2) is 38.1 Å². The highest BCUT2D eigenvalue weighted by atomic mass is 16.5. The maximum Gasteiger partial charge on any atom is 0.255 e. The number of hydrogen-bond donors (Lipinski definition) is 2. The van der Waals surface area contributed by atoms with Gasteiger partial charge in [0.1, 0.15) is 24.7 Å². The fraction of sp³-hybridized carbons (Fsp3) is 0.211. The van der Waals surface area contributed by atoms with Crippen molar-refractivity contribution in [1.82, 2.24) is 10.6 Å². The average molecular weight is 643 g/mol. The molecule has 0 bridgehead atoms. The van der Waals surface area contributed by atoms with Crippen molar-refractivity contribution < 1.29 is 19.1 Å². The van der Waals surface area contributed by atoms with E-state index in [0.29, 0.717) is 58.2 Å². The van der Waals surface area contributed by atoms with Crippen molar-refractivity contribution in [1.29, 1.82) is 0 Å². The molecule has 4 aromatic rings. The molecule has 0 saturated carbocycles. The van der Waals surface area contributed by atoms with Crippen LogP contribution >= 0.6 is 0 Å². The lowest BCUT2D eigenvalue weighted by Crippen LogP contribution is -2.35. The van der Waals surface area contributed by atoms with E-state index in [1.54, 1.807) is 24.3 Å². The molecule has 48 heavy (non-hydrogen) atoms. The van der Waals surface area contributed by atoms with Crippen LogP contribution in [0.2, 0.25) is 0 Å². The van der Waals surface area contributed by atoms with Gasteiger partial charge in [-0.1, -0.05) is 47.5 Å². The van der Waals surface area contributed by atoms with Gasteiger partial charge in [0.2, 0.25) is 0 Å². The van der Waals surface area contributed by atoms with Crippen molar-refractivity contribution in [3.05, 3.63) is 131 Å². The smallest absolute Gasteiger partial charge is 0.255 e. The third-order valence-corrected chi connectivity index (χ3v) is 7.42. The Morgan fingerprint density at radius 2 is 0.979 bits per heavy atom. The van der Waals surface area contributed by atoms with Gasteiger partial charge in [-0.3, -0.25) is 9.59 Å². The molecule has 244 valence electrons. The summed E-state index contributed by atoms with van der Waals surface area (Å²) in [7, 11) is 0. The number of rotatable bonds is 8. The van der Waals surface area contributed by atoms with Crippen LogP contribution in [0, 0.1) is 13.8 Å². The van der Waals surface area contributed by atoms with Gasteiger partial charge < -0.3 is 20.1 Å². The minimum atomic E-state index is -0.373. The number of azo groups is 2. The lowest BCUT2D eigenvalue weighted by atomic mass is 10.0. The lowest BCUT2D eigenvalue weighted by molar-refractivity contribution is 0.0919. The first-order valence-electron chi connectivity index (χ1n) is 15.7. The summed E-state index contributed by atoms with van der Waals surface area (Å²) in [4.78, 5) is 27.0. The summed E-state index contributed by atoms with van der Waals surface area (Å²) < 4.78 is 12.4. The minimum Gasteiger partial charge on any atom is -0.489 e. The maximum atomic E-state index is 13.5. The quantitative estimate of drug-likeness (QED) is 0.148. The van der Waals surface area contributed by atoms with Crippen molar-refractivity contribution in [2.45, 2.75) is 26.7 Å². The summed E-state index contributed by atoms with van der Waals surface area (Å²) in [5.41, 5.74) is 6.66. The van der Waals surface area contributed by atoms with Crippen LogP contribution in [0.4, 0.5) is 22.7 Å². The Morgan fingerprint density at radius 3 is 1.35 bits per heavy atom. The van der Waals surface area contributed by atoms with Crippen molar-refractivity contribution in [3.8, 4) is 11.5 Å². The Balaban J connectivity index is 1.45. The summed E-state index contributed by atoms with van der Waals surface area (Å²) in [5, 5.41) is 23.3. The van der Waals surface area contributed by atoms with Crippen LogP contribution in [0.15, 0.2) is 119 Å². The topological polar surface area (TPSA) is 126 Å². The zero-order valence-corrected chi connectivity index (χ0v) is 27.2. The molecule has 0 atom stereocenters. The van der Waals surface area contributed by atoms with Gasteiger partial charge in [0.25, 0.3) is 11.8 Å². The Labute approximate surface area is 280 Å². The van der Waals surface area contributed by atoms with Gasteiger partial charge in [-0.15, -0.1) is 13.2 Å². The number of aryl methyl sites for hydroxylation is 2. The Bertz CT molecular complexity index is 1730. The van der Waals surface area contributed by atoms with Gasteiger partial charge in [-0.2, -0.15) is 20.5 Å². The van der Waals surface area contributed by atoms with Crippen LogP contribution in [-0.2, 0) is 12.8 Å². The molecule has 4 aromatic carbocycles.